The monoisotopic (exact) mass is 327 g/mol. The van der Waals surface area contributed by atoms with Gasteiger partial charge in [-0.3, -0.25) is 4.79 Å². The zero-order chi connectivity index (χ0) is 16.1. The summed E-state index contributed by atoms with van der Waals surface area (Å²) in [6, 6.07) is 3.72. The van der Waals surface area contributed by atoms with Crippen molar-refractivity contribution in [2.45, 2.75) is 38.6 Å². The second-order valence-corrected chi connectivity index (χ2v) is 6.07. The van der Waals surface area contributed by atoms with Gasteiger partial charge >= 0.3 is 5.97 Å². The first kappa shape index (κ1) is 16.7. The molecule has 0 aromatic heterocycles. The lowest BCUT2D eigenvalue weighted by Gasteiger charge is -2.29. The summed E-state index contributed by atoms with van der Waals surface area (Å²) in [7, 11) is 0. The van der Waals surface area contributed by atoms with Crippen molar-refractivity contribution >= 4 is 23.5 Å². The highest BCUT2D eigenvalue weighted by Crippen LogP contribution is 2.23. The summed E-state index contributed by atoms with van der Waals surface area (Å²) in [4.78, 5) is 23.6. The molecule has 1 fully saturated rings. The van der Waals surface area contributed by atoms with E-state index in [2.05, 4.69) is 12.2 Å². The molecule has 0 spiro atoms. The van der Waals surface area contributed by atoms with E-state index >= 15 is 0 Å². The second-order valence-electron chi connectivity index (χ2n) is 5.64. The third kappa shape index (κ3) is 4.44. The Morgan fingerprint density at radius 2 is 2.09 bits per heavy atom. The van der Waals surface area contributed by atoms with E-state index in [1.54, 1.807) is 0 Å². The molecule has 1 aromatic carbocycles. The molecule has 0 heterocycles. The third-order valence-electron chi connectivity index (χ3n) is 3.94. The molecule has 0 saturated heterocycles. The lowest BCUT2D eigenvalue weighted by Crippen LogP contribution is -2.42. The van der Waals surface area contributed by atoms with Crippen LogP contribution in [-0.4, -0.2) is 24.5 Å². The van der Waals surface area contributed by atoms with Crippen molar-refractivity contribution in [3.05, 3.63) is 34.6 Å². The number of carbonyl (C=O) groups is 2. The van der Waals surface area contributed by atoms with Gasteiger partial charge in [-0.15, -0.1) is 0 Å². The molecule has 22 heavy (non-hydrogen) atoms. The molecule has 1 aliphatic carbocycles. The van der Waals surface area contributed by atoms with E-state index in [0.29, 0.717) is 5.92 Å². The standard InChI is InChI=1S/C16H19ClFNO3/c1-10-4-2-3-5-14(10)19-15(20)9-22-16(21)12-8-11(17)6-7-13(12)18/h6-8,10,14H,2-5,9H2,1H3,(H,19,20)/t10-,14+/m1/s1. The number of esters is 1. The number of hydrogen-bond acceptors (Lipinski definition) is 3. The Bertz CT molecular complexity index is 564. The Labute approximate surface area is 134 Å². The van der Waals surface area contributed by atoms with Gasteiger partial charge in [-0.2, -0.15) is 0 Å². The van der Waals surface area contributed by atoms with Crippen molar-refractivity contribution in [3.8, 4) is 0 Å². The fraction of sp³-hybridized carbons (Fsp3) is 0.500. The molecule has 4 nitrogen and oxygen atoms in total. The van der Waals surface area contributed by atoms with Gasteiger partial charge in [0.15, 0.2) is 6.61 Å². The fourth-order valence-corrected chi connectivity index (χ4v) is 2.81. The van der Waals surface area contributed by atoms with Gasteiger partial charge < -0.3 is 10.1 Å². The number of hydrogen-bond donors (Lipinski definition) is 1. The second kappa shape index (κ2) is 7.58. The quantitative estimate of drug-likeness (QED) is 0.863. The Hall–Kier alpha value is -1.62. The van der Waals surface area contributed by atoms with Gasteiger partial charge in [-0.1, -0.05) is 31.4 Å². The molecule has 1 N–H and O–H groups in total. The van der Waals surface area contributed by atoms with Crippen LogP contribution in [0.1, 0.15) is 43.0 Å². The third-order valence-corrected chi connectivity index (χ3v) is 4.18. The summed E-state index contributed by atoms with van der Waals surface area (Å²) in [5.74, 6) is -1.57. The molecular weight excluding hydrogens is 309 g/mol. The van der Waals surface area contributed by atoms with Crippen LogP contribution >= 0.6 is 11.6 Å². The Kier molecular flexibility index (Phi) is 5.77. The van der Waals surface area contributed by atoms with E-state index in [1.807, 2.05) is 0 Å². The van der Waals surface area contributed by atoms with Crippen molar-refractivity contribution in [2.24, 2.45) is 5.92 Å². The highest BCUT2D eigenvalue weighted by Gasteiger charge is 2.23. The van der Waals surface area contributed by atoms with Crippen LogP contribution < -0.4 is 5.32 Å². The molecule has 1 aromatic rings. The van der Waals surface area contributed by atoms with E-state index in [0.717, 1.165) is 25.3 Å². The maximum Gasteiger partial charge on any atom is 0.341 e. The molecule has 1 saturated carbocycles. The van der Waals surface area contributed by atoms with Gasteiger partial charge in [0.05, 0.1) is 5.56 Å². The average Bonchev–Trinajstić information content (AvgIpc) is 2.49. The molecule has 1 amide bonds. The van der Waals surface area contributed by atoms with Crippen LogP contribution in [0.25, 0.3) is 0 Å². The van der Waals surface area contributed by atoms with E-state index in [4.69, 9.17) is 16.3 Å². The van der Waals surface area contributed by atoms with Crippen molar-refractivity contribution in [1.82, 2.24) is 5.32 Å². The molecular formula is C16H19ClFNO3. The summed E-state index contributed by atoms with van der Waals surface area (Å²) in [5, 5.41) is 3.10. The van der Waals surface area contributed by atoms with Crippen LogP contribution in [0.5, 0.6) is 0 Å². The van der Waals surface area contributed by atoms with Gasteiger partial charge in [0, 0.05) is 11.1 Å². The van der Waals surface area contributed by atoms with Crippen LogP contribution in [0.2, 0.25) is 5.02 Å². The van der Waals surface area contributed by atoms with E-state index in [-0.39, 0.29) is 22.5 Å². The van der Waals surface area contributed by atoms with Crippen molar-refractivity contribution in [1.29, 1.82) is 0 Å². The molecule has 0 unspecified atom stereocenters. The first-order valence-corrected chi connectivity index (χ1v) is 7.76. The Morgan fingerprint density at radius 3 is 2.82 bits per heavy atom. The van der Waals surface area contributed by atoms with Gasteiger partial charge in [-0.05, 0) is 37.0 Å². The van der Waals surface area contributed by atoms with Gasteiger partial charge in [-0.25, -0.2) is 9.18 Å². The van der Waals surface area contributed by atoms with Crippen LogP contribution in [0, 0.1) is 11.7 Å². The minimum absolute atomic E-state index is 0.114. The molecule has 2 atom stereocenters. The topological polar surface area (TPSA) is 55.4 Å². The number of amides is 1. The minimum atomic E-state index is -0.896. The number of halogens is 2. The zero-order valence-corrected chi connectivity index (χ0v) is 13.2. The number of nitrogens with one attached hydrogen (secondary N) is 1. The smallest absolute Gasteiger partial charge is 0.341 e. The minimum Gasteiger partial charge on any atom is -0.452 e. The number of benzene rings is 1. The number of ether oxygens (including phenoxy) is 1. The summed E-state index contributed by atoms with van der Waals surface area (Å²) < 4.78 is 18.4. The molecule has 6 heteroatoms. The van der Waals surface area contributed by atoms with E-state index in [9.17, 15) is 14.0 Å². The van der Waals surface area contributed by atoms with E-state index < -0.39 is 18.4 Å². The first-order chi connectivity index (χ1) is 10.5. The first-order valence-electron chi connectivity index (χ1n) is 7.39. The Balaban J connectivity index is 1.85. The molecule has 0 radical (unpaired) electrons. The van der Waals surface area contributed by atoms with Gasteiger partial charge in [0.2, 0.25) is 0 Å². The van der Waals surface area contributed by atoms with Crippen LogP contribution in [-0.2, 0) is 9.53 Å². The highest BCUT2D eigenvalue weighted by atomic mass is 35.5. The summed E-state index contributed by atoms with van der Waals surface area (Å²) >= 11 is 5.71. The summed E-state index contributed by atoms with van der Waals surface area (Å²) in [5.41, 5.74) is -0.272. The van der Waals surface area contributed by atoms with Crippen LogP contribution in [0.3, 0.4) is 0 Å². The number of rotatable bonds is 4. The zero-order valence-electron chi connectivity index (χ0n) is 12.4. The van der Waals surface area contributed by atoms with Crippen molar-refractivity contribution in [2.75, 3.05) is 6.61 Å². The van der Waals surface area contributed by atoms with Crippen LogP contribution in [0.4, 0.5) is 4.39 Å². The Morgan fingerprint density at radius 1 is 1.36 bits per heavy atom. The predicted molar refractivity (Wildman–Crippen MR) is 81.3 cm³/mol. The molecule has 1 aliphatic rings. The van der Waals surface area contributed by atoms with Crippen LogP contribution in [0.15, 0.2) is 18.2 Å². The SMILES string of the molecule is C[C@@H]1CCCC[C@@H]1NC(=O)COC(=O)c1cc(Cl)ccc1F. The maximum absolute atomic E-state index is 13.5. The molecule has 0 bridgehead atoms. The number of carbonyl (C=O) groups excluding carboxylic acids is 2. The van der Waals surface area contributed by atoms with Gasteiger partial charge in [0.25, 0.3) is 5.91 Å². The molecule has 120 valence electrons. The normalized spacial score (nSPS) is 21.2. The molecule has 0 aliphatic heterocycles. The van der Waals surface area contributed by atoms with Crippen molar-refractivity contribution in [3.63, 3.8) is 0 Å². The maximum atomic E-state index is 13.5. The summed E-state index contributed by atoms with van der Waals surface area (Å²) in [6.45, 7) is 1.67. The fourth-order valence-electron chi connectivity index (χ4n) is 2.64. The lowest BCUT2D eigenvalue weighted by molar-refractivity contribution is -0.125. The lowest BCUT2D eigenvalue weighted by atomic mass is 9.86. The predicted octanol–water partition coefficient (Wildman–Crippen LogP) is 3.33. The highest BCUT2D eigenvalue weighted by molar-refractivity contribution is 6.30. The average molecular weight is 328 g/mol. The van der Waals surface area contributed by atoms with E-state index in [1.165, 1.54) is 18.6 Å². The largest absolute Gasteiger partial charge is 0.452 e. The summed E-state index contributed by atoms with van der Waals surface area (Å²) in [6.07, 6.45) is 4.28. The molecule has 2 rings (SSSR count). The van der Waals surface area contributed by atoms with Crippen molar-refractivity contribution < 1.29 is 18.7 Å². The van der Waals surface area contributed by atoms with Gasteiger partial charge in [0.1, 0.15) is 5.82 Å².